The van der Waals surface area contributed by atoms with Crippen LogP contribution in [-0.2, 0) is 19.0 Å². The number of fused-ring (bicyclic) bond motifs is 2. The number of rotatable bonds is 2. The Morgan fingerprint density at radius 2 is 2.29 bits per heavy atom. The molecule has 0 radical (unpaired) electrons. The van der Waals surface area contributed by atoms with Crippen molar-refractivity contribution in [2.45, 2.75) is 32.0 Å². The Hall–Kier alpha value is -0.870. The minimum Gasteiger partial charge on any atom is -0.461 e. The normalized spacial score (nSPS) is 33.8. The van der Waals surface area contributed by atoms with Crippen LogP contribution in [0.5, 0.6) is 0 Å². The molecule has 3 rings (SSSR count). The molecule has 0 bridgehead atoms. The van der Waals surface area contributed by atoms with E-state index in [0.29, 0.717) is 31.7 Å². The van der Waals surface area contributed by atoms with Gasteiger partial charge >= 0.3 is 5.97 Å². The van der Waals surface area contributed by atoms with Crippen molar-refractivity contribution in [2.75, 3.05) is 19.8 Å². The van der Waals surface area contributed by atoms with Crippen LogP contribution in [0.2, 0.25) is 0 Å². The maximum Gasteiger partial charge on any atom is 0.302 e. The lowest BCUT2D eigenvalue weighted by molar-refractivity contribution is -0.182. The fraction of sp³-hybridized carbons (Fsp3) is 0.769. The predicted molar refractivity (Wildman–Crippen MR) is 60.2 cm³/mol. The standard InChI is InChI=1S/C13H18O4/c1-9(14)15-8-10-6-11-2-3-13(12(11)7-10)16-4-5-17-13/h6,11-12H,2-5,7-8H2,1H3/t11-,12+/m1/s1. The van der Waals surface area contributed by atoms with E-state index in [1.165, 1.54) is 12.5 Å². The van der Waals surface area contributed by atoms with Gasteiger partial charge in [-0.3, -0.25) is 4.79 Å². The molecule has 17 heavy (non-hydrogen) atoms. The van der Waals surface area contributed by atoms with Gasteiger partial charge in [0.15, 0.2) is 5.79 Å². The predicted octanol–water partition coefficient (Wildman–Crippen LogP) is 1.65. The van der Waals surface area contributed by atoms with E-state index in [0.717, 1.165) is 19.3 Å². The van der Waals surface area contributed by atoms with Gasteiger partial charge in [-0.25, -0.2) is 0 Å². The Balaban J connectivity index is 1.65. The number of esters is 1. The van der Waals surface area contributed by atoms with E-state index in [-0.39, 0.29) is 11.8 Å². The maximum atomic E-state index is 10.8. The minimum atomic E-state index is -0.334. The molecule has 2 aliphatic carbocycles. The van der Waals surface area contributed by atoms with Crippen LogP contribution in [0.25, 0.3) is 0 Å². The molecule has 1 saturated carbocycles. The summed E-state index contributed by atoms with van der Waals surface area (Å²) in [6.07, 6.45) is 5.32. The number of hydrogen-bond acceptors (Lipinski definition) is 4. The van der Waals surface area contributed by atoms with Gasteiger partial charge in [0, 0.05) is 19.3 Å². The quantitative estimate of drug-likeness (QED) is 0.542. The smallest absolute Gasteiger partial charge is 0.302 e. The zero-order valence-corrected chi connectivity index (χ0v) is 10.1. The molecular formula is C13H18O4. The van der Waals surface area contributed by atoms with E-state index in [9.17, 15) is 4.79 Å². The van der Waals surface area contributed by atoms with E-state index in [1.54, 1.807) is 0 Å². The number of allylic oxidation sites excluding steroid dienone is 1. The topological polar surface area (TPSA) is 44.8 Å². The first-order valence-corrected chi connectivity index (χ1v) is 6.30. The summed E-state index contributed by atoms with van der Waals surface area (Å²) in [7, 11) is 0. The molecule has 2 atom stereocenters. The van der Waals surface area contributed by atoms with Gasteiger partial charge in [-0.05, 0) is 24.3 Å². The Bertz CT molecular complexity index is 354. The first-order chi connectivity index (χ1) is 8.20. The monoisotopic (exact) mass is 238 g/mol. The highest BCUT2D eigenvalue weighted by molar-refractivity contribution is 5.66. The molecule has 1 saturated heterocycles. The molecule has 4 heteroatoms. The second-order valence-corrected chi connectivity index (χ2v) is 5.13. The molecule has 1 aliphatic heterocycles. The highest BCUT2D eigenvalue weighted by atomic mass is 16.7. The fourth-order valence-electron chi connectivity index (χ4n) is 3.37. The summed E-state index contributed by atoms with van der Waals surface area (Å²) >= 11 is 0. The van der Waals surface area contributed by atoms with Crippen LogP contribution in [-0.4, -0.2) is 31.6 Å². The highest BCUT2D eigenvalue weighted by Crippen LogP contribution is 2.52. The van der Waals surface area contributed by atoms with Gasteiger partial charge in [0.2, 0.25) is 0 Å². The SMILES string of the molecule is CC(=O)OCC1=C[C@H]2CCC3(OCCO3)[C@H]2C1. The van der Waals surface area contributed by atoms with Crippen molar-refractivity contribution in [3.05, 3.63) is 11.6 Å². The Morgan fingerprint density at radius 1 is 1.53 bits per heavy atom. The Labute approximate surface area is 101 Å². The van der Waals surface area contributed by atoms with E-state index in [2.05, 4.69) is 6.08 Å². The van der Waals surface area contributed by atoms with Gasteiger partial charge in [-0.2, -0.15) is 0 Å². The summed E-state index contributed by atoms with van der Waals surface area (Å²) in [5.74, 6) is 0.416. The highest BCUT2D eigenvalue weighted by Gasteiger charge is 2.54. The zero-order chi connectivity index (χ0) is 11.9. The fourth-order valence-corrected chi connectivity index (χ4v) is 3.37. The molecule has 1 spiro atoms. The van der Waals surface area contributed by atoms with Crippen molar-refractivity contribution >= 4 is 5.97 Å². The number of carbonyl (C=O) groups excluding carboxylic acids is 1. The molecule has 0 aromatic carbocycles. The molecule has 94 valence electrons. The van der Waals surface area contributed by atoms with Gasteiger partial charge in [-0.15, -0.1) is 0 Å². The van der Waals surface area contributed by atoms with Crippen molar-refractivity contribution in [2.24, 2.45) is 11.8 Å². The zero-order valence-electron chi connectivity index (χ0n) is 10.1. The Kier molecular flexibility index (Phi) is 2.71. The summed E-state index contributed by atoms with van der Waals surface area (Å²) in [6.45, 7) is 3.30. The van der Waals surface area contributed by atoms with Crippen molar-refractivity contribution < 1.29 is 19.0 Å². The average molecular weight is 238 g/mol. The molecule has 0 unspecified atom stereocenters. The maximum absolute atomic E-state index is 10.8. The van der Waals surface area contributed by atoms with E-state index in [1.807, 2.05) is 0 Å². The molecular weight excluding hydrogens is 220 g/mol. The van der Waals surface area contributed by atoms with Crippen LogP contribution in [0.3, 0.4) is 0 Å². The number of hydrogen-bond donors (Lipinski definition) is 0. The van der Waals surface area contributed by atoms with Gasteiger partial charge < -0.3 is 14.2 Å². The molecule has 3 aliphatic rings. The van der Waals surface area contributed by atoms with Crippen LogP contribution in [0.4, 0.5) is 0 Å². The third kappa shape index (κ3) is 1.89. The third-order valence-electron chi connectivity index (χ3n) is 4.08. The van der Waals surface area contributed by atoms with Crippen molar-refractivity contribution in [3.8, 4) is 0 Å². The van der Waals surface area contributed by atoms with Gasteiger partial charge in [0.05, 0.1) is 13.2 Å². The van der Waals surface area contributed by atoms with Crippen LogP contribution in [0.15, 0.2) is 11.6 Å². The molecule has 2 fully saturated rings. The van der Waals surface area contributed by atoms with Gasteiger partial charge in [-0.1, -0.05) is 6.08 Å². The minimum absolute atomic E-state index is 0.217. The largest absolute Gasteiger partial charge is 0.461 e. The van der Waals surface area contributed by atoms with Crippen molar-refractivity contribution in [1.82, 2.24) is 0 Å². The molecule has 0 aromatic heterocycles. The van der Waals surface area contributed by atoms with Crippen LogP contribution in [0, 0.1) is 11.8 Å². The first kappa shape index (κ1) is 11.2. The molecule has 0 N–H and O–H groups in total. The van der Waals surface area contributed by atoms with Crippen LogP contribution >= 0.6 is 0 Å². The second kappa shape index (κ2) is 4.10. The lowest BCUT2D eigenvalue weighted by Gasteiger charge is -2.29. The Morgan fingerprint density at radius 3 is 3.00 bits per heavy atom. The van der Waals surface area contributed by atoms with E-state index in [4.69, 9.17) is 14.2 Å². The van der Waals surface area contributed by atoms with Crippen molar-refractivity contribution in [3.63, 3.8) is 0 Å². The van der Waals surface area contributed by atoms with E-state index >= 15 is 0 Å². The average Bonchev–Trinajstić information content (AvgIpc) is 2.97. The molecule has 0 amide bonds. The second-order valence-electron chi connectivity index (χ2n) is 5.13. The van der Waals surface area contributed by atoms with E-state index < -0.39 is 0 Å². The summed E-state index contributed by atoms with van der Waals surface area (Å²) < 4.78 is 16.7. The lowest BCUT2D eigenvalue weighted by Crippen LogP contribution is -2.35. The molecule has 4 nitrogen and oxygen atoms in total. The van der Waals surface area contributed by atoms with Crippen LogP contribution < -0.4 is 0 Å². The summed E-state index contributed by atoms with van der Waals surface area (Å²) in [6, 6.07) is 0. The summed E-state index contributed by atoms with van der Waals surface area (Å²) in [5, 5.41) is 0. The molecule has 1 heterocycles. The summed E-state index contributed by atoms with van der Waals surface area (Å²) in [4.78, 5) is 10.8. The van der Waals surface area contributed by atoms with Gasteiger partial charge in [0.1, 0.15) is 6.61 Å². The lowest BCUT2D eigenvalue weighted by atomic mass is 9.95. The van der Waals surface area contributed by atoms with Gasteiger partial charge in [0.25, 0.3) is 0 Å². The molecule has 0 aromatic rings. The third-order valence-corrected chi connectivity index (χ3v) is 4.08. The number of carbonyl (C=O) groups is 1. The number of ether oxygens (including phenoxy) is 3. The van der Waals surface area contributed by atoms with Crippen LogP contribution in [0.1, 0.15) is 26.2 Å². The van der Waals surface area contributed by atoms with Crippen molar-refractivity contribution in [1.29, 1.82) is 0 Å². The summed E-state index contributed by atoms with van der Waals surface area (Å²) in [5.41, 5.74) is 1.22. The first-order valence-electron chi connectivity index (χ1n) is 6.30.